The van der Waals surface area contributed by atoms with Crippen LogP contribution in [0.25, 0.3) is 0 Å². The van der Waals surface area contributed by atoms with Crippen molar-refractivity contribution in [2.45, 2.75) is 17.7 Å². The Kier molecular flexibility index (Phi) is 2.47. The quantitative estimate of drug-likeness (QED) is 0.787. The molecule has 0 aliphatic heterocycles. The fourth-order valence-corrected chi connectivity index (χ4v) is 3.30. The summed E-state index contributed by atoms with van der Waals surface area (Å²) in [7, 11) is -3.24. The molecule has 3 nitrogen and oxygen atoms in total. The molecule has 0 unspecified atom stereocenters. The Balaban J connectivity index is 2.73. The summed E-state index contributed by atoms with van der Waals surface area (Å²) in [5.74, 6) is 0.0711. The van der Waals surface area contributed by atoms with Gasteiger partial charge in [0.25, 0.3) is 0 Å². The smallest absolute Gasteiger partial charge is 0.175 e. The van der Waals surface area contributed by atoms with Gasteiger partial charge < -0.3 is 0 Å². The topological polar surface area (TPSA) is 51.2 Å². The first-order valence-corrected chi connectivity index (χ1v) is 7.10. The zero-order chi connectivity index (χ0) is 11.2. The minimum absolute atomic E-state index is 0.0711. The van der Waals surface area contributed by atoms with Crippen LogP contribution < -0.4 is 0 Å². The maximum absolute atomic E-state index is 11.5. The van der Waals surface area contributed by atoms with Gasteiger partial charge in [-0.2, -0.15) is 0 Å². The van der Waals surface area contributed by atoms with E-state index in [0.717, 1.165) is 10.0 Å². The molecule has 0 saturated heterocycles. The third-order valence-electron chi connectivity index (χ3n) is 2.48. The monoisotopic (exact) mass is 288 g/mol. The average Bonchev–Trinajstić information content (AvgIpc) is 2.45. The van der Waals surface area contributed by atoms with Gasteiger partial charge in [-0.3, -0.25) is 4.79 Å². The summed E-state index contributed by atoms with van der Waals surface area (Å²) in [5, 5.41) is 0. The Morgan fingerprint density at radius 3 is 2.40 bits per heavy atom. The lowest BCUT2D eigenvalue weighted by molar-refractivity contribution is -0.117. The minimum Gasteiger partial charge on any atom is -0.299 e. The molecule has 1 aliphatic carbocycles. The lowest BCUT2D eigenvalue weighted by atomic mass is 10.1. The van der Waals surface area contributed by atoms with Gasteiger partial charge in [-0.25, -0.2) is 8.42 Å². The highest BCUT2D eigenvalue weighted by Gasteiger charge is 2.26. The lowest BCUT2D eigenvalue weighted by Crippen LogP contribution is -2.03. The van der Waals surface area contributed by atoms with Crippen molar-refractivity contribution in [1.82, 2.24) is 0 Å². The maximum Gasteiger partial charge on any atom is 0.175 e. The van der Waals surface area contributed by atoms with E-state index < -0.39 is 9.84 Å². The number of sulfone groups is 1. The first-order valence-electron chi connectivity index (χ1n) is 4.41. The van der Waals surface area contributed by atoms with Crippen molar-refractivity contribution in [2.75, 3.05) is 6.26 Å². The molecule has 0 fully saturated rings. The zero-order valence-corrected chi connectivity index (χ0v) is 10.5. The van der Waals surface area contributed by atoms with Gasteiger partial charge in [0.1, 0.15) is 5.78 Å². The van der Waals surface area contributed by atoms with Crippen LogP contribution >= 0.6 is 15.9 Å². The zero-order valence-electron chi connectivity index (χ0n) is 8.08. The molecule has 5 heteroatoms. The SMILES string of the molecule is CS(=O)(=O)c1ccc(Br)c2c1CC(=O)C2. The molecular weight excluding hydrogens is 280 g/mol. The molecule has 0 bridgehead atoms. The standard InChI is InChI=1S/C10H9BrO3S/c1-15(13,14)10-3-2-9(11)7-4-6(12)5-8(7)10/h2-3H,4-5H2,1H3. The van der Waals surface area contributed by atoms with Crippen LogP contribution in [0.2, 0.25) is 0 Å². The molecule has 0 N–H and O–H groups in total. The van der Waals surface area contributed by atoms with Crippen LogP contribution in [0.4, 0.5) is 0 Å². The largest absolute Gasteiger partial charge is 0.299 e. The molecule has 1 aromatic carbocycles. The minimum atomic E-state index is -3.24. The molecule has 80 valence electrons. The molecule has 0 aromatic heterocycles. The van der Waals surface area contributed by atoms with Gasteiger partial charge in [-0.1, -0.05) is 15.9 Å². The number of halogens is 1. The number of fused-ring (bicyclic) bond motifs is 1. The second kappa shape index (κ2) is 3.42. The molecule has 1 aromatic rings. The van der Waals surface area contributed by atoms with Crippen LogP contribution in [-0.2, 0) is 27.5 Å². The predicted molar refractivity (Wildman–Crippen MR) is 59.7 cm³/mol. The number of rotatable bonds is 1. The van der Waals surface area contributed by atoms with Crippen LogP contribution in [0.15, 0.2) is 21.5 Å². The number of carbonyl (C=O) groups excluding carboxylic acids is 1. The van der Waals surface area contributed by atoms with E-state index in [-0.39, 0.29) is 17.1 Å². The van der Waals surface area contributed by atoms with Crippen LogP contribution in [0, 0.1) is 0 Å². The number of hydrogen-bond donors (Lipinski definition) is 0. The van der Waals surface area contributed by atoms with E-state index in [1.807, 2.05) is 0 Å². The summed E-state index contributed by atoms with van der Waals surface area (Å²) in [6.45, 7) is 0. The van der Waals surface area contributed by atoms with Gasteiger partial charge in [-0.05, 0) is 23.3 Å². The predicted octanol–water partition coefficient (Wildman–Crippen LogP) is 1.52. The van der Waals surface area contributed by atoms with Gasteiger partial charge in [-0.15, -0.1) is 0 Å². The van der Waals surface area contributed by atoms with Crippen LogP contribution in [0.3, 0.4) is 0 Å². The molecule has 0 radical (unpaired) electrons. The first kappa shape index (κ1) is 10.8. The Bertz CT molecular complexity index is 546. The summed E-state index contributed by atoms with van der Waals surface area (Å²) in [6, 6.07) is 3.24. The summed E-state index contributed by atoms with van der Waals surface area (Å²) < 4.78 is 23.8. The van der Waals surface area contributed by atoms with Gasteiger partial charge in [0.05, 0.1) is 4.90 Å². The molecule has 1 aliphatic rings. The van der Waals surface area contributed by atoms with Crippen molar-refractivity contribution in [1.29, 1.82) is 0 Å². The molecular formula is C10H9BrO3S. The highest BCUT2D eigenvalue weighted by molar-refractivity contribution is 9.10. The van der Waals surface area contributed by atoms with Crippen LogP contribution in [0.1, 0.15) is 11.1 Å². The van der Waals surface area contributed by atoms with E-state index in [1.165, 1.54) is 6.26 Å². The molecule has 0 amide bonds. The van der Waals surface area contributed by atoms with Gasteiger partial charge in [0.15, 0.2) is 9.84 Å². The van der Waals surface area contributed by atoms with E-state index in [2.05, 4.69) is 15.9 Å². The highest BCUT2D eigenvalue weighted by Crippen LogP contribution is 2.32. The first-order chi connectivity index (χ1) is 6.89. The summed E-state index contributed by atoms with van der Waals surface area (Å²) in [6.07, 6.45) is 1.73. The molecule has 15 heavy (non-hydrogen) atoms. The Hall–Kier alpha value is -0.680. The second-order valence-corrected chi connectivity index (χ2v) is 6.51. The van der Waals surface area contributed by atoms with Crippen molar-refractivity contribution in [3.63, 3.8) is 0 Å². The Morgan fingerprint density at radius 2 is 1.80 bits per heavy atom. The summed E-state index contributed by atoms with van der Waals surface area (Å²) in [5.41, 5.74) is 1.49. The van der Waals surface area contributed by atoms with Crippen LogP contribution in [0.5, 0.6) is 0 Å². The fraction of sp³-hybridized carbons (Fsp3) is 0.300. The fourth-order valence-electron chi connectivity index (χ4n) is 1.83. The van der Waals surface area contributed by atoms with Gasteiger partial charge >= 0.3 is 0 Å². The summed E-state index contributed by atoms with van der Waals surface area (Å²) >= 11 is 3.33. The van der Waals surface area contributed by atoms with E-state index in [0.29, 0.717) is 12.0 Å². The van der Waals surface area contributed by atoms with Crippen molar-refractivity contribution in [2.24, 2.45) is 0 Å². The maximum atomic E-state index is 11.5. The number of Topliss-reactive ketones (excluding diaryl/α,β-unsaturated/α-hetero) is 1. The Labute approximate surface area is 96.5 Å². The average molecular weight is 289 g/mol. The molecule has 0 atom stereocenters. The highest BCUT2D eigenvalue weighted by atomic mass is 79.9. The third kappa shape index (κ3) is 1.86. The molecule has 0 saturated carbocycles. The lowest BCUT2D eigenvalue weighted by Gasteiger charge is -2.07. The number of ketones is 1. The number of carbonyl (C=O) groups is 1. The molecule has 0 heterocycles. The van der Waals surface area contributed by atoms with Crippen molar-refractivity contribution >= 4 is 31.6 Å². The van der Waals surface area contributed by atoms with Crippen LogP contribution in [-0.4, -0.2) is 20.5 Å². The Morgan fingerprint density at radius 1 is 1.20 bits per heavy atom. The van der Waals surface area contributed by atoms with Crippen molar-refractivity contribution in [3.8, 4) is 0 Å². The molecule has 2 rings (SSSR count). The van der Waals surface area contributed by atoms with E-state index >= 15 is 0 Å². The van der Waals surface area contributed by atoms with Gasteiger partial charge in [0.2, 0.25) is 0 Å². The normalized spacial score (nSPS) is 15.5. The second-order valence-electron chi connectivity index (χ2n) is 3.67. The van der Waals surface area contributed by atoms with Crippen molar-refractivity contribution in [3.05, 3.63) is 27.7 Å². The third-order valence-corrected chi connectivity index (χ3v) is 4.40. The number of hydrogen-bond acceptors (Lipinski definition) is 3. The number of benzene rings is 1. The molecule has 0 spiro atoms. The van der Waals surface area contributed by atoms with E-state index in [1.54, 1.807) is 12.1 Å². The van der Waals surface area contributed by atoms with Gasteiger partial charge in [0, 0.05) is 23.6 Å². The van der Waals surface area contributed by atoms with E-state index in [9.17, 15) is 13.2 Å². The summed E-state index contributed by atoms with van der Waals surface area (Å²) in [4.78, 5) is 11.6. The van der Waals surface area contributed by atoms with E-state index in [4.69, 9.17) is 0 Å². The van der Waals surface area contributed by atoms with Crippen molar-refractivity contribution < 1.29 is 13.2 Å².